The minimum Gasteiger partial charge on any atom is -0.497 e. The summed E-state index contributed by atoms with van der Waals surface area (Å²) < 4.78 is 16.3. The second-order valence-corrected chi connectivity index (χ2v) is 6.75. The van der Waals surface area contributed by atoms with Gasteiger partial charge in [0.1, 0.15) is 23.8 Å². The SMILES string of the molecule is COc1ccc2ccc(OCc3nc(C(=O)NC4CCCNC4=O)co3)cc2c1. The van der Waals surface area contributed by atoms with Crippen LogP contribution in [0.15, 0.2) is 47.1 Å². The minimum absolute atomic E-state index is 0.0761. The molecule has 1 aliphatic heterocycles. The predicted octanol–water partition coefficient (Wildman–Crippen LogP) is 2.42. The summed E-state index contributed by atoms with van der Waals surface area (Å²) in [5.41, 5.74) is 0.116. The molecule has 0 bridgehead atoms. The van der Waals surface area contributed by atoms with Crippen LogP contribution in [0.3, 0.4) is 0 Å². The van der Waals surface area contributed by atoms with Gasteiger partial charge in [-0.15, -0.1) is 0 Å². The molecule has 0 aliphatic carbocycles. The third kappa shape index (κ3) is 4.31. The van der Waals surface area contributed by atoms with Crippen molar-refractivity contribution in [3.63, 3.8) is 0 Å². The number of ether oxygens (including phenoxy) is 2. The third-order valence-electron chi connectivity index (χ3n) is 4.76. The summed E-state index contributed by atoms with van der Waals surface area (Å²) in [7, 11) is 1.62. The average molecular weight is 395 g/mol. The summed E-state index contributed by atoms with van der Waals surface area (Å²) in [6, 6.07) is 11.0. The lowest BCUT2D eigenvalue weighted by Crippen LogP contribution is -2.50. The summed E-state index contributed by atoms with van der Waals surface area (Å²) in [5.74, 6) is 1.07. The van der Waals surface area contributed by atoms with Crippen molar-refractivity contribution in [2.45, 2.75) is 25.5 Å². The second-order valence-electron chi connectivity index (χ2n) is 6.75. The molecule has 2 N–H and O–H groups in total. The number of nitrogens with one attached hydrogen (secondary N) is 2. The highest BCUT2D eigenvalue weighted by Crippen LogP contribution is 2.25. The van der Waals surface area contributed by atoms with Gasteiger partial charge >= 0.3 is 0 Å². The van der Waals surface area contributed by atoms with Crippen molar-refractivity contribution in [3.8, 4) is 11.5 Å². The van der Waals surface area contributed by atoms with Gasteiger partial charge in [0.15, 0.2) is 12.3 Å². The van der Waals surface area contributed by atoms with Crippen molar-refractivity contribution < 1.29 is 23.5 Å². The Labute approximate surface area is 167 Å². The zero-order valence-corrected chi connectivity index (χ0v) is 15.9. The Balaban J connectivity index is 1.38. The fourth-order valence-electron chi connectivity index (χ4n) is 3.19. The molecule has 2 heterocycles. The van der Waals surface area contributed by atoms with Gasteiger partial charge in [-0.25, -0.2) is 4.98 Å². The topological polar surface area (TPSA) is 103 Å². The smallest absolute Gasteiger partial charge is 0.273 e. The van der Waals surface area contributed by atoms with E-state index in [-0.39, 0.29) is 24.1 Å². The van der Waals surface area contributed by atoms with E-state index in [9.17, 15) is 9.59 Å². The molecule has 1 unspecified atom stereocenters. The van der Waals surface area contributed by atoms with Crippen LogP contribution in [0, 0.1) is 0 Å². The molecule has 1 saturated heterocycles. The molecule has 150 valence electrons. The minimum atomic E-state index is -0.540. The molecule has 1 fully saturated rings. The van der Waals surface area contributed by atoms with Crippen molar-refractivity contribution >= 4 is 22.6 Å². The number of aromatic nitrogens is 1. The zero-order chi connectivity index (χ0) is 20.2. The number of rotatable bonds is 6. The monoisotopic (exact) mass is 395 g/mol. The number of fused-ring (bicyclic) bond motifs is 1. The number of amides is 2. The van der Waals surface area contributed by atoms with E-state index in [4.69, 9.17) is 13.9 Å². The summed E-state index contributed by atoms with van der Waals surface area (Å²) in [4.78, 5) is 28.2. The van der Waals surface area contributed by atoms with Crippen molar-refractivity contribution in [2.24, 2.45) is 0 Å². The lowest BCUT2D eigenvalue weighted by Gasteiger charge is -2.22. The van der Waals surface area contributed by atoms with Gasteiger partial charge in [0.05, 0.1) is 7.11 Å². The normalized spacial score (nSPS) is 16.3. The Morgan fingerprint density at radius 2 is 2.03 bits per heavy atom. The van der Waals surface area contributed by atoms with Gasteiger partial charge < -0.3 is 24.5 Å². The van der Waals surface area contributed by atoms with E-state index >= 15 is 0 Å². The molecule has 29 heavy (non-hydrogen) atoms. The second kappa shape index (κ2) is 8.22. The molecular weight excluding hydrogens is 374 g/mol. The summed E-state index contributed by atoms with van der Waals surface area (Å²) in [6.07, 6.45) is 2.70. The number of carbonyl (C=O) groups is 2. The number of oxazole rings is 1. The number of carbonyl (C=O) groups excluding carboxylic acids is 2. The molecule has 2 amide bonds. The molecule has 1 atom stereocenters. The van der Waals surface area contributed by atoms with Crippen molar-refractivity contribution in [1.82, 2.24) is 15.6 Å². The first-order valence-corrected chi connectivity index (χ1v) is 9.36. The van der Waals surface area contributed by atoms with Crippen LogP contribution < -0.4 is 20.1 Å². The molecule has 2 aromatic carbocycles. The predicted molar refractivity (Wildman–Crippen MR) is 105 cm³/mol. The first-order chi connectivity index (χ1) is 14.1. The number of hydrogen-bond donors (Lipinski definition) is 2. The van der Waals surface area contributed by atoms with E-state index in [0.717, 1.165) is 22.9 Å². The molecule has 3 aromatic rings. The van der Waals surface area contributed by atoms with E-state index in [2.05, 4.69) is 15.6 Å². The standard InChI is InChI=1S/C21H21N3O5/c1-27-15-6-4-13-5-7-16(10-14(13)9-15)28-12-19-23-18(11-29-19)21(26)24-17-3-2-8-22-20(17)25/h4-7,9-11,17H,2-3,8,12H2,1H3,(H,22,25)(H,24,26). The van der Waals surface area contributed by atoms with Crippen LogP contribution in [-0.2, 0) is 11.4 Å². The van der Waals surface area contributed by atoms with Crippen LogP contribution in [0.4, 0.5) is 0 Å². The maximum absolute atomic E-state index is 12.3. The maximum atomic E-state index is 12.3. The van der Waals surface area contributed by atoms with Gasteiger partial charge in [-0.3, -0.25) is 9.59 Å². The van der Waals surface area contributed by atoms with E-state index in [1.165, 1.54) is 6.26 Å². The number of methoxy groups -OCH3 is 1. The Kier molecular flexibility index (Phi) is 5.33. The quantitative estimate of drug-likeness (QED) is 0.665. The molecule has 0 saturated carbocycles. The Morgan fingerprint density at radius 3 is 2.83 bits per heavy atom. The lowest BCUT2D eigenvalue weighted by atomic mass is 10.1. The lowest BCUT2D eigenvalue weighted by molar-refractivity contribution is -0.124. The fraction of sp³-hybridized carbons (Fsp3) is 0.286. The number of nitrogens with zero attached hydrogens (tertiary/aromatic N) is 1. The zero-order valence-electron chi connectivity index (χ0n) is 15.9. The fourth-order valence-corrected chi connectivity index (χ4v) is 3.19. The van der Waals surface area contributed by atoms with Gasteiger partial charge in [0.25, 0.3) is 5.91 Å². The summed E-state index contributed by atoms with van der Waals surface area (Å²) in [6.45, 7) is 0.713. The number of piperidine rings is 1. The van der Waals surface area contributed by atoms with Crippen molar-refractivity contribution in [1.29, 1.82) is 0 Å². The molecule has 1 aromatic heterocycles. The molecule has 0 spiro atoms. The third-order valence-corrected chi connectivity index (χ3v) is 4.76. The molecule has 1 aliphatic rings. The van der Waals surface area contributed by atoms with Gasteiger partial charge in [-0.2, -0.15) is 0 Å². The van der Waals surface area contributed by atoms with Gasteiger partial charge in [-0.05, 0) is 47.9 Å². The average Bonchev–Trinajstić information content (AvgIpc) is 3.22. The molecule has 4 rings (SSSR count). The van der Waals surface area contributed by atoms with E-state index in [0.29, 0.717) is 18.7 Å². The molecule has 0 radical (unpaired) electrons. The van der Waals surface area contributed by atoms with Crippen LogP contribution >= 0.6 is 0 Å². The van der Waals surface area contributed by atoms with Crippen LogP contribution in [0.2, 0.25) is 0 Å². The Hall–Kier alpha value is -3.55. The summed E-state index contributed by atoms with van der Waals surface area (Å²) >= 11 is 0. The van der Waals surface area contributed by atoms with E-state index < -0.39 is 11.9 Å². The first-order valence-electron chi connectivity index (χ1n) is 9.36. The van der Waals surface area contributed by atoms with Gasteiger partial charge in [0.2, 0.25) is 11.8 Å². The van der Waals surface area contributed by atoms with Crippen molar-refractivity contribution in [3.05, 3.63) is 54.2 Å². The van der Waals surface area contributed by atoms with Crippen LogP contribution in [0.5, 0.6) is 11.5 Å². The Bertz CT molecular complexity index is 1050. The highest BCUT2D eigenvalue weighted by molar-refractivity contribution is 5.96. The van der Waals surface area contributed by atoms with E-state index in [1.807, 2.05) is 36.4 Å². The van der Waals surface area contributed by atoms with Crippen molar-refractivity contribution in [2.75, 3.05) is 13.7 Å². The maximum Gasteiger partial charge on any atom is 0.273 e. The number of hydrogen-bond acceptors (Lipinski definition) is 6. The van der Waals surface area contributed by atoms with E-state index in [1.54, 1.807) is 7.11 Å². The van der Waals surface area contributed by atoms with Gasteiger partial charge in [0, 0.05) is 6.54 Å². The number of benzene rings is 2. The van der Waals surface area contributed by atoms with Crippen LogP contribution in [0.25, 0.3) is 10.8 Å². The largest absolute Gasteiger partial charge is 0.497 e. The first kappa shape index (κ1) is 18.8. The molecule has 8 nitrogen and oxygen atoms in total. The van der Waals surface area contributed by atoms with Gasteiger partial charge in [-0.1, -0.05) is 12.1 Å². The highest BCUT2D eigenvalue weighted by atomic mass is 16.5. The Morgan fingerprint density at radius 1 is 1.24 bits per heavy atom. The summed E-state index contributed by atoms with van der Waals surface area (Å²) in [5, 5.41) is 7.46. The van der Waals surface area contributed by atoms with Crippen LogP contribution in [0.1, 0.15) is 29.2 Å². The molecule has 8 heteroatoms. The highest BCUT2D eigenvalue weighted by Gasteiger charge is 2.25. The van der Waals surface area contributed by atoms with Crippen LogP contribution in [-0.4, -0.2) is 36.5 Å². The molecular formula is C21H21N3O5.